The van der Waals surface area contributed by atoms with Gasteiger partial charge in [-0.25, -0.2) is 0 Å². The molecule has 2 atom stereocenters. The van der Waals surface area contributed by atoms with Crippen LogP contribution in [0.4, 0.5) is 0 Å². The van der Waals surface area contributed by atoms with Crippen molar-refractivity contribution < 1.29 is 14.6 Å². The largest absolute Gasteiger partial charge is 0.508 e. The molecule has 1 aliphatic carbocycles. The van der Waals surface area contributed by atoms with E-state index in [1.54, 1.807) is 26.4 Å². The molecule has 0 fully saturated rings. The SMILES string of the molecule is COC1CCC(OC)c2cc(O)ccc21. The van der Waals surface area contributed by atoms with Crippen LogP contribution in [0.5, 0.6) is 5.75 Å². The molecular formula is C12H16O3. The van der Waals surface area contributed by atoms with Crippen molar-refractivity contribution in [1.82, 2.24) is 0 Å². The van der Waals surface area contributed by atoms with Crippen LogP contribution in [0.1, 0.15) is 36.2 Å². The number of methoxy groups -OCH3 is 2. The Morgan fingerprint density at radius 2 is 1.67 bits per heavy atom. The van der Waals surface area contributed by atoms with Crippen LogP contribution < -0.4 is 0 Å². The maximum absolute atomic E-state index is 9.46. The van der Waals surface area contributed by atoms with E-state index in [-0.39, 0.29) is 18.0 Å². The summed E-state index contributed by atoms with van der Waals surface area (Å²) >= 11 is 0. The maximum atomic E-state index is 9.46. The van der Waals surface area contributed by atoms with Gasteiger partial charge in [-0.3, -0.25) is 0 Å². The summed E-state index contributed by atoms with van der Waals surface area (Å²) in [7, 11) is 3.42. The van der Waals surface area contributed by atoms with Crippen molar-refractivity contribution in [1.29, 1.82) is 0 Å². The third-order valence-corrected chi connectivity index (χ3v) is 3.02. The zero-order chi connectivity index (χ0) is 10.8. The van der Waals surface area contributed by atoms with Crippen LogP contribution in [0.3, 0.4) is 0 Å². The molecule has 2 rings (SSSR count). The molecule has 0 saturated carbocycles. The lowest BCUT2D eigenvalue weighted by Crippen LogP contribution is -2.16. The summed E-state index contributed by atoms with van der Waals surface area (Å²) in [5.74, 6) is 0.285. The molecule has 3 nitrogen and oxygen atoms in total. The highest BCUT2D eigenvalue weighted by Crippen LogP contribution is 2.40. The first-order valence-electron chi connectivity index (χ1n) is 5.14. The van der Waals surface area contributed by atoms with Crippen LogP contribution in [0, 0.1) is 0 Å². The van der Waals surface area contributed by atoms with E-state index in [1.165, 1.54) is 0 Å². The van der Waals surface area contributed by atoms with Gasteiger partial charge in [0.25, 0.3) is 0 Å². The first kappa shape index (κ1) is 10.5. The summed E-state index contributed by atoms with van der Waals surface area (Å²) in [6.45, 7) is 0. The zero-order valence-corrected chi connectivity index (χ0v) is 9.06. The number of rotatable bonds is 2. The molecule has 82 valence electrons. The fourth-order valence-electron chi connectivity index (χ4n) is 2.24. The molecule has 0 spiro atoms. The summed E-state index contributed by atoms with van der Waals surface area (Å²) in [5.41, 5.74) is 2.18. The number of phenols is 1. The van der Waals surface area contributed by atoms with E-state index in [1.807, 2.05) is 6.07 Å². The lowest BCUT2D eigenvalue weighted by molar-refractivity contribution is 0.0331. The van der Waals surface area contributed by atoms with E-state index in [4.69, 9.17) is 9.47 Å². The Balaban J connectivity index is 2.43. The van der Waals surface area contributed by atoms with E-state index in [0.29, 0.717) is 0 Å². The van der Waals surface area contributed by atoms with Gasteiger partial charge in [0.1, 0.15) is 5.75 Å². The summed E-state index contributed by atoms with van der Waals surface area (Å²) in [5, 5.41) is 9.46. The van der Waals surface area contributed by atoms with Gasteiger partial charge in [-0.15, -0.1) is 0 Å². The van der Waals surface area contributed by atoms with Crippen molar-refractivity contribution in [3.05, 3.63) is 29.3 Å². The third kappa shape index (κ3) is 1.85. The maximum Gasteiger partial charge on any atom is 0.115 e. The van der Waals surface area contributed by atoms with Crippen molar-refractivity contribution in [2.24, 2.45) is 0 Å². The highest BCUT2D eigenvalue weighted by atomic mass is 16.5. The van der Waals surface area contributed by atoms with Gasteiger partial charge in [-0.1, -0.05) is 6.07 Å². The second kappa shape index (κ2) is 4.21. The summed E-state index contributed by atoms with van der Waals surface area (Å²) in [6.07, 6.45) is 2.11. The normalized spacial score (nSPS) is 24.9. The van der Waals surface area contributed by atoms with Gasteiger partial charge in [0.15, 0.2) is 0 Å². The highest BCUT2D eigenvalue weighted by molar-refractivity contribution is 5.39. The van der Waals surface area contributed by atoms with Crippen molar-refractivity contribution >= 4 is 0 Å². The van der Waals surface area contributed by atoms with Crippen molar-refractivity contribution in [3.63, 3.8) is 0 Å². The molecule has 0 amide bonds. The van der Waals surface area contributed by atoms with Crippen molar-refractivity contribution in [2.75, 3.05) is 14.2 Å². The Morgan fingerprint density at radius 3 is 2.27 bits per heavy atom. The molecule has 1 aliphatic rings. The zero-order valence-electron chi connectivity index (χ0n) is 9.06. The third-order valence-electron chi connectivity index (χ3n) is 3.02. The van der Waals surface area contributed by atoms with Gasteiger partial charge in [-0.05, 0) is 36.1 Å². The predicted octanol–water partition coefficient (Wildman–Crippen LogP) is 2.56. The number of hydrogen-bond donors (Lipinski definition) is 1. The molecular weight excluding hydrogens is 192 g/mol. The van der Waals surface area contributed by atoms with Crippen LogP contribution in [0.15, 0.2) is 18.2 Å². The molecule has 1 N–H and O–H groups in total. The smallest absolute Gasteiger partial charge is 0.115 e. The molecule has 1 aromatic rings. The van der Waals surface area contributed by atoms with Crippen molar-refractivity contribution in [2.45, 2.75) is 25.0 Å². The molecule has 15 heavy (non-hydrogen) atoms. The van der Waals surface area contributed by atoms with E-state index in [0.717, 1.165) is 24.0 Å². The highest BCUT2D eigenvalue weighted by Gasteiger charge is 2.27. The first-order chi connectivity index (χ1) is 7.26. The van der Waals surface area contributed by atoms with E-state index in [9.17, 15) is 5.11 Å². The molecule has 3 heteroatoms. The molecule has 2 unspecified atom stereocenters. The van der Waals surface area contributed by atoms with E-state index < -0.39 is 0 Å². The summed E-state index contributed by atoms with van der Waals surface area (Å²) in [6, 6.07) is 5.39. The van der Waals surface area contributed by atoms with Gasteiger partial charge in [0.2, 0.25) is 0 Å². The Labute approximate surface area is 89.6 Å². The van der Waals surface area contributed by atoms with Crippen molar-refractivity contribution in [3.8, 4) is 5.75 Å². The number of hydrogen-bond acceptors (Lipinski definition) is 3. The Hall–Kier alpha value is -1.06. The lowest BCUT2D eigenvalue weighted by atomic mass is 9.87. The quantitative estimate of drug-likeness (QED) is 0.811. The minimum Gasteiger partial charge on any atom is -0.508 e. The number of aromatic hydroxyl groups is 1. The predicted molar refractivity (Wildman–Crippen MR) is 56.8 cm³/mol. The van der Waals surface area contributed by atoms with Crippen LogP contribution >= 0.6 is 0 Å². The molecule has 0 aromatic heterocycles. The van der Waals surface area contributed by atoms with Crippen LogP contribution in [0.25, 0.3) is 0 Å². The summed E-state index contributed by atoms with van der Waals surface area (Å²) < 4.78 is 10.8. The lowest BCUT2D eigenvalue weighted by Gasteiger charge is -2.29. The molecule has 1 aromatic carbocycles. The average Bonchev–Trinajstić information content (AvgIpc) is 2.27. The topological polar surface area (TPSA) is 38.7 Å². The minimum atomic E-state index is 0.0819. The fourth-order valence-corrected chi connectivity index (χ4v) is 2.24. The average molecular weight is 208 g/mol. The molecule has 0 heterocycles. The fraction of sp³-hybridized carbons (Fsp3) is 0.500. The van der Waals surface area contributed by atoms with Gasteiger partial charge < -0.3 is 14.6 Å². The second-order valence-electron chi connectivity index (χ2n) is 3.84. The number of benzene rings is 1. The number of ether oxygens (including phenoxy) is 2. The molecule has 0 radical (unpaired) electrons. The standard InChI is InChI=1S/C12H16O3/c1-14-11-5-6-12(15-2)10-7-8(13)3-4-9(10)11/h3-4,7,11-13H,5-6H2,1-2H3. The summed E-state index contributed by atoms with van der Waals surface area (Å²) in [4.78, 5) is 0. The number of phenolic OH excluding ortho intramolecular Hbond substituents is 1. The Bertz CT molecular complexity index is 349. The molecule has 0 bridgehead atoms. The minimum absolute atomic E-state index is 0.0819. The Kier molecular flexibility index (Phi) is 2.93. The van der Waals surface area contributed by atoms with E-state index in [2.05, 4.69) is 0 Å². The van der Waals surface area contributed by atoms with Gasteiger partial charge in [-0.2, -0.15) is 0 Å². The molecule has 0 aliphatic heterocycles. The van der Waals surface area contributed by atoms with Gasteiger partial charge in [0, 0.05) is 14.2 Å². The van der Waals surface area contributed by atoms with Gasteiger partial charge >= 0.3 is 0 Å². The van der Waals surface area contributed by atoms with Crippen LogP contribution in [-0.2, 0) is 9.47 Å². The van der Waals surface area contributed by atoms with Crippen LogP contribution in [-0.4, -0.2) is 19.3 Å². The van der Waals surface area contributed by atoms with Crippen LogP contribution in [0.2, 0.25) is 0 Å². The molecule has 0 saturated heterocycles. The Morgan fingerprint density at radius 1 is 1.07 bits per heavy atom. The van der Waals surface area contributed by atoms with Gasteiger partial charge in [0.05, 0.1) is 12.2 Å². The first-order valence-corrected chi connectivity index (χ1v) is 5.14. The number of fused-ring (bicyclic) bond motifs is 1. The monoisotopic (exact) mass is 208 g/mol. The van der Waals surface area contributed by atoms with E-state index >= 15 is 0 Å². The second-order valence-corrected chi connectivity index (χ2v) is 3.84.